The molecule has 0 fully saturated rings. The Hall–Kier alpha value is -2.34. The molecule has 122 valence electrons. The maximum Gasteiger partial charge on any atom is 0.416 e. The van der Waals surface area contributed by atoms with Gasteiger partial charge in [0.25, 0.3) is 0 Å². The van der Waals surface area contributed by atoms with E-state index in [1.54, 1.807) is 24.3 Å². The van der Waals surface area contributed by atoms with E-state index in [1.807, 2.05) is 6.07 Å². The SMILES string of the molecule is O=C(OCc1ccccc1)[C@H](O)Cc1ccc(C(F)(F)F)cc1. The van der Waals surface area contributed by atoms with E-state index in [2.05, 4.69) is 0 Å². The minimum atomic E-state index is -4.41. The van der Waals surface area contributed by atoms with Gasteiger partial charge in [0, 0.05) is 6.42 Å². The van der Waals surface area contributed by atoms with Crippen LogP contribution in [0.5, 0.6) is 0 Å². The predicted molar refractivity (Wildman–Crippen MR) is 77.4 cm³/mol. The van der Waals surface area contributed by atoms with Crippen molar-refractivity contribution in [3.8, 4) is 0 Å². The van der Waals surface area contributed by atoms with Crippen LogP contribution in [0.25, 0.3) is 0 Å². The van der Waals surface area contributed by atoms with Gasteiger partial charge in [0.1, 0.15) is 6.61 Å². The highest BCUT2D eigenvalue weighted by Crippen LogP contribution is 2.29. The first-order chi connectivity index (χ1) is 10.9. The van der Waals surface area contributed by atoms with Gasteiger partial charge in [-0.3, -0.25) is 0 Å². The van der Waals surface area contributed by atoms with Crippen LogP contribution in [0.2, 0.25) is 0 Å². The number of carbonyl (C=O) groups excluding carboxylic acids is 1. The molecule has 1 N–H and O–H groups in total. The Balaban J connectivity index is 1.88. The summed E-state index contributed by atoms with van der Waals surface area (Å²) in [6.45, 7) is 0.0315. The molecular formula is C17H15F3O3. The molecule has 0 heterocycles. The molecule has 0 spiro atoms. The summed E-state index contributed by atoms with van der Waals surface area (Å²) in [5.41, 5.74) is 0.423. The molecule has 0 saturated heterocycles. The van der Waals surface area contributed by atoms with Crippen LogP contribution >= 0.6 is 0 Å². The second kappa shape index (κ2) is 7.28. The summed E-state index contributed by atoms with van der Waals surface area (Å²) in [6.07, 6.45) is -5.94. The van der Waals surface area contributed by atoms with Crippen LogP contribution < -0.4 is 0 Å². The normalized spacial score (nSPS) is 12.7. The van der Waals surface area contributed by atoms with E-state index in [0.717, 1.165) is 17.7 Å². The molecule has 2 rings (SSSR count). The second-order valence-electron chi connectivity index (χ2n) is 5.01. The molecule has 3 nitrogen and oxygen atoms in total. The molecule has 0 bridgehead atoms. The maximum absolute atomic E-state index is 12.4. The van der Waals surface area contributed by atoms with Crippen molar-refractivity contribution in [3.63, 3.8) is 0 Å². The lowest BCUT2D eigenvalue weighted by Gasteiger charge is -2.12. The lowest BCUT2D eigenvalue weighted by molar-refractivity contribution is -0.154. The number of ether oxygens (including phenoxy) is 1. The number of aliphatic hydroxyl groups excluding tert-OH is 1. The lowest BCUT2D eigenvalue weighted by atomic mass is 10.1. The van der Waals surface area contributed by atoms with Crippen LogP contribution in [0.1, 0.15) is 16.7 Å². The Morgan fingerprint density at radius 1 is 1.00 bits per heavy atom. The molecule has 0 unspecified atom stereocenters. The van der Waals surface area contributed by atoms with Gasteiger partial charge < -0.3 is 9.84 Å². The minimum Gasteiger partial charge on any atom is -0.459 e. The minimum absolute atomic E-state index is 0.0315. The third-order valence-electron chi connectivity index (χ3n) is 3.21. The first-order valence-electron chi connectivity index (χ1n) is 6.91. The van der Waals surface area contributed by atoms with Gasteiger partial charge in [0.2, 0.25) is 0 Å². The number of aliphatic hydroxyl groups is 1. The van der Waals surface area contributed by atoms with Crippen LogP contribution in [0.3, 0.4) is 0 Å². The molecule has 0 aliphatic heterocycles. The van der Waals surface area contributed by atoms with Crippen molar-refractivity contribution in [1.29, 1.82) is 0 Å². The van der Waals surface area contributed by atoms with Crippen molar-refractivity contribution in [2.24, 2.45) is 0 Å². The summed E-state index contributed by atoms with van der Waals surface area (Å²) in [6, 6.07) is 13.3. The van der Waals surface area contributed by atoms with E-state index < -0.39 is 23.8 Å². The van der Waals surface area contributed by atoms with Gasteiger partial charge >= 0.3 is 12.1 Å². The monoisotopic (exact) mass is 324 g/mol. The molecule has 0 aliphatic rings. The van der Waals surface area contributed by atoms with Crippen LogP contribution in [-0.4, -0.2) is 17.2 Å². The van der Waals surface area contributed by atoms with Crippen LogP contribution in [0, 0.1) is 0 Å². The van der Waals surface area contributed by atoms with Crippen molar-refractivity contribution in [2.75, 3.05) is 0 Å². The number of halogens is 3. The van der Waals surface area contributed by atoms with Gasteiger partial charge in [-0.15, -0.1) is 0 Å². The van der Waals surface area contributed by atoms with Gasteiger partial charge in [-0.2, -0.15) is 13.2 Å². The molecule has 0 radical (unpaired) electrons. The maximum atomic E-state index is 12.4. The third-order valence-corrected chi connectivity index (χ3v) is 3.21. The highest BCUT2D eigenvalue weighted by molar-refractivity contribution is 5.74. The van der Waals surface area contributed by atoms with Gasteiger partial charge in [-0.05, 0) is 23.3 Å². The van der Waals surface area contributed by atoms with E-state index in [9.17, 15) is 23.1 Å². The van der Waals surface area contributed by atoms with E-state index in [0.29, 0.717) is 5.56 Å². The summed E-state index contributed by atoms with van der Waals surface area (Å²) in [4.78, 5) is 11.7. The van der Waals surface area contributed by atoms with Gasteiger partial charge in [-0.1, -0.05) is 42.5 Å². The van der Waals surface area contributed by atoms with E-state index >= 15 is 0 Å². The number of rotatable bonds is 5. The number of hydrogen-bond donors (Lipinski definition) is 1. The quantitative estimate of drug-likeness (QED) is 0.858. The molecule has 0 aliphatic carbocycles. The van der Waals surface area contributed by atoms with Gasteiger partial charge in [0.15, 0.2) is 6.10 Å². The van der Waals surface area contributed by atoms with Crippen molar-refractivity contribution >= 4 is 5.97 Å². The fraction of sp³-hybridized carbons (Fsp3) is 0.235. The Bertz CT molecular complexity index is 636. The summed E-state index contributed by atoms with van der Waals surface area (Å²) in [5, 5.41) is 9.78. The standard InChI is InChI=1S/C17H15F3O3/c18-17(19,20)14-8-6-12(7-9-14)10-15(21)16(22)23-11-13-4-2-1-3-5-13/h1-9,15,21H,10-11H2/t15-/m1/s1. The van der Waals surface area contributed by atoms with Crippen LogP contribution in [0.15, 0.2) is 54.6 Å². The second-order valence-corrected chi connectivity index (χ2v) is 5.01. The summed E-state index contributed by atoms with van der Waals surface area (Å²) in [7, 11) is 0. The highest BCUT2D eigenvalue weighted by Gasteiger charge is 2.30. The zero-order valence-corrected chi connectivity index (χ0v) is 12.1. The summed E-state index contributed by atoms with van der Waals surface area (Å²) >= 11 is 0. The number of esters is 1. The summed E-state index contributed by atoms with van der Waals surface area (Å²) < 4.78 is 42.3. The largest absolute Gasteiger partial charge is 0.459 e. The van der Waals surface area contributed by atoms with Gasteiger partial charge in [0.05, 0.1) is 5.56 Å². The van der Waals surface area contributed by atoms with Crippen molar-refractivity contribution in [3.05, 3.63) is 71.3 Å². The van der Waals surface area contributed by atoms with Crippen molar-refractivity contribution < 1.29 is 27.8 Å². The molecule has 2 aromatic carbocycles. The lowest BCUT2D eigenvalue weighted by Crippen LogP contribution is -2.25. The van der Waals surface area contributed by atoms with Crippen molar-refractivity contribution in [2.45, 2.75) is 25.3 Å². The number of alkyl halides is 3. The first kappa shape index (κ1) is 17.0. The zero-order valence-electron chi connectivity index (χ0n) is 12.1. The fourth-order valence-corrected chi connectivity index (χ4v) is 1.96. The van der Waals surface area contributed by atoms with Crippen LogP contribution in [0.4, 0.5) is 13.2 Å². The molecular weight excluding hydrogens is 309 g/mol. The van der Waals surface area contributed by atoms with E-state index in [4.69, 9.17) is 4.74 Å². The molecule has 0 saturated carbocycles. The van der Waals surface area contributed by atoms with Gasteiger partial charge in [-0.25, -0.2) is 4.79 Å². The number of carbonyl (C=O) groups is 1. The smallest absolute Gasteiger partial charge is 0.416 e. The average molecular weight is 324 g/mol. The number of benzene rings is 2. The Labute approximate surface area is 131 Å². The Morgan fingerprint density at radius 2 is 1.61 bits per heavy atom. The molecule has 0 amide bonds. The topological polar surface area (TPSA) is 46.5 Å². The first-order valence-corrected chi connectivity index (χ1v) is 6.91. The molecule has 0 aromatic heterocycles. The Morgan fingerprint density at radius 3 is 2.17 bits per heavy atom. The van der Waals surface area contributed by atoms with E-state index in [-0.39, 0.29) is 13.0 Å². The summed E-state index contributed by atoms with van der Waals surface area (Å²) in [5.74, 6) is -0.811. The fourth-order valence-electron chi connectivity index (χ4n) is 1.96. The zero-order chi connectivity index (χ0) is 16.9. The van der Waals surface area contributed by atoms with E-state index in [1.165, 1.54) is 12.1 Å². The highest BCUT2D eigenvalue weighted by atomic mass is 19.4. The third kappa shape index (κ3) is 5.10. The van der Waals surface area contributed by atoms with Crippen molar-refractivity contribution in [1.82, 2.24) is 0 Å². The average Bonchev–Trinajstić information content (AvgIpc) is 2.53. The predicted octanol–water partition coefficient (Wildman–Crippen LogP) is 3.35. The molecule has 23 heavy (non-hydrogen) atoms. The number of hydrogen-bond acceptors (Lipinski definition) is 3. The Kier molecular flexibility index (Phi) is 5.39. The molecule has 1 atom stereocenters. The van der Waals surface area contributed by atoms with Crippen LogP contribution in [-0.2, 0) is 28.7 Å². The molecule has 2 aromatic rings. The molecule has 6 heteroatoms.